The lowest BCUT2D eigenvalue weighted by Crippen LogP contribution is -2.50. The molecule has 3 rings (SSSR count). The van der Waals surface area contributed by atoms with E-state index >= 15 is 0 Å². The fraction of sp³-hybridized carbons (Fsp3) is 0.650. The number of rotatable bonds is 4. The summed E-state index contributed by atoms with van der Waals surface area (Å²) < 4.78 is 5.35. The molecule has 0 aromatic carbocycles. The molecule has 1 N–H and O–H groups in total. The molecule has 1 aromatic rings. The maximum Gasteiger partial charge on any atom is 0.225 e. The van der Waals surface area contributed by atoms with E-state index in [0.717, 1.165) is 62.8 Å². The molecule has 7 nitrogen and oxygen atoms in total. The molecular formula is C20H31N5O2. The van der Waals surface area contributed by atoms with Crippen molar-refractivity contribution in [2.24, 2.45) is 10.9 Å². The van der Waals surface area contributed by atoms with Crippen LogP contribution in [0, 0.1) is 12.8 Å². The van der Waals surface area contributed by atoms with Gasteiger partial charge in [0.1, 0.15) is 0 Å². The quantitative estimate of drug-likeness (QED) is 0.639. The van der Waals surface area contributed by atoms with Gasteiger partial charge in [-0.3, -0.25) is 9.78 Å². The summed E-state index contributed by atoms with van der Waals surface area (Å²) in [5.74, 6) is 1.34. The van der Waals surface area contributed by atoms with Crippen molar-refractivity contribution in [1.82, 2.24) is 20.1 Å². The van der Waals surface area contributed by atoms with Crippen LogP contribution in [-0.4, -0.2) is 72.6 Å². The van der Waals surface area contributed by atoms with Crippen LogP contribution < -0.4 is 5.32 Å². The van der Waals surface area contributed by atoms with Gasteiger partial charge in [0.2, 0.25) is 5.91 Å². The van der Waals surface area contributed by atoms with E-state index in [4.69, 9.17) is 9.73 Å². The van der Waals surface area contributed by atoms with Gasteiger partial charge in [-0.1, -0.05) is 6.07 Å². The Balaban J connectivity index is 1.57. The molecule has 1 aromatic heterocycles. The minimum atomic E-state index is 0.125. The lowest BCUT2D eigenvalue weighted by molar-refractivity contribution is -0.140. The molecule has 148 valence electrons. The van der Waals surface area contributed by atoms with Crippen LogP contribution >= 0.6 is 0 Å². The number of piperidine rings is 1. The number of amides is 1. The molecule has 7 heteroatoms. The summed E-state index contributed by atoms with van der Waals surface area (Å²) in [7, 11) is 0. The Bertz CT molecular complexity index is 650. The van der Waals surface area contributed by atoms with E-state index in [-0.39, 0.29) is 5.92 Å². The maximum absolute atomic E-state index is 12.7. The van der Waals surface area contributed by atoms with E-state index in [1.165, 1.54) is 0 Å². The zero-order chi connectivity index (χ0) is 19.1. The smallest absolute Gasteiger partial charge is 0.225 e. The second kappa shape index (κ2) is 9.69. The number of aliphatic imine (C=N–C) groups is 1. The molecule has 0 atom stereocenters. The number of carbonyl (C=O) groups excluding carboxylic acids is 1. The van der Waals surface area contributed by atoms with Crippen molar-refractivity contribution in [1.29, 1.82) is 0 Å². The maximum atomic E-state index is 12.7. The third-order valence-corrected chi connectivity index (χ3v) is 5.30. The van der Waals surface area contributed by atoms with Gasteiger partial charge < -0.3 is 19.9 Å². The van der Waals surface area contributed by atoms with E-state index in [0.29, 0.717) is 25.7 Å². The number of carbonyl (C=O) groups is 1. The number of hydrogen-bond acceptors (Lipinski definition) is 4. The van der Waals surface area contributed by atoms with Crippen LogP contribution in [0.15, 0.2) is 23.3 Å². The topological polar surface area (TPSA) is 70.1 Å². The Morgan fingerprint density at radius 2 is 2.00 bits per heavy atom. The SMILES string of the molecule is CCNC(=NCc1ncccc1C)N1CCC(C(=O)N2CCOCC2)CC1. The number of guanidine groups is 1. The molecular weight excluding hydrogens is 342 g/mol. The van der Waals surface area contributed by atoms with Crippen molar-refractivity contribution < 1.29 is 9.53 Å². The van der Waals surface area contributed by atoms with Gasteiger partial charge >= 0.3 is 0 Å². The number of nitrogens with one attached hydrogen (secondary N) is 1. The molecule has 2 saturated heterocycles. The van der Waals surface area contributed by atoms with Gasteiger partial charge in [0.05, 0.1) is 25.5 Å². The van der Waals surface area contributed by atoms with Crippen LogP contribution in [-0.2, 0) is 16.1 Å². The number of aromatic nitrogens is 1. The molecule has 0 saturated carbocycles. The van der Waals surface area contributed by atoms with Crippen LogP contribution in [0.1, 0.15) is 31.0 Å². The Labute approximate surface area is 161 Å². The van der Waals surface area contributed by atoms with Crippen molar-refractivity contribution in [3.63, 3.8) is 0 Å². The summed E-state index contributed by atoms with van der Waals surface area (Å²) in [4.78, 5) is 26.1. The Kier molecular flexibility index (Phi) is 7.04. The van der Waals surface area contributed by atoms with Gasteiger partial charge in [-0.15, -0.1) is 0 Å². The first-order valence-corrected chi connectivity index (χ1v) is 9.99. The molecule has 0 unspecified atom stereocenters. The van der Waals surface area contributed by atoms with Gasteiger partial charge in [-0.2, -0.15) is 0 Å². The third-order valence-electron chi connectivity index (χ3n) is 5.30. The molecule has 2 aliphatic heterocycles. The second-order valence-corrected chi connectivity index (χ2v) is 7.14. The zero-order valence-electron chi connectivity index (χ0n) is 16.5. The second-order valence-electron chi connectivity index (χ2n) is 7.14. The highest BCUT2D eigenvalue weighted by atomic mass is 16.5. The van der Waals surface area contributed by atoms with Crippen molar-refractivity contribution in [3.05, 3.63) is 29.6 Å². The molecule has 27 heavy (non-hydrogen) atoms. The van der Waals surface area contributed by atoms with Crippen LogP contribution in [0.5, 0.6) is 0 Å². The lowest BCUT2D eigenvalue weighted by atomic mass is 9.95. The average molecular weight is 374 g/mol. The molecule has 1 amide bonds. The number of ether oxygens (including phenoxy) is 1. The van der Waals surface area contributed by atoms with Crippen molar-refractivity contribution in [2.45, 2.75) is 33.2 Å². The van der Waals surface area contributed by atoms with E-state index in [9.17, 15) is 4.79 Å². The number of nitrogens with zero attached hydrogens (tertiary/aromatic N) is 4. The highest BCUT2D eigenvalue weighted by molar-refractivity contribution is 5.82. The summed E-state index contributed by atoms with van der Waals surface area (Å²) in [6.45, 7) is 10.0. The van der Waals surface area contributed by atoms with Gasteiger partial charge in [-0.25, -0.2) is 4.99 Å². The molecule has 2 aliphatic rings. The fourth-order valence-electron chi connectivity index (χ4n) is 3.64. The normalized spacial score (nSPS) is 19.3. The summed E-state index contributed by atoms with van der Waals surface area (Å²) in [6.07, 6.45) is 3.57. The summed E-state index contributed by atoms with van der Waals surface area (Å²) in [5.41, 5.74) is 2.16. The van der Waals surface area contributed by atoms with Crippen LogP contribution in [0.3, 0.4) is 0 Å². The number of aryl methyl sites for hydroxylation is 1. The number of morpholine rings is 1. The minimum absolute atomic E-state index is 0.125. The molecule has 0 aliphatic carbocycles. The Hall–Kier alpha value is -2.15. The van der Waals surface area contributed by atoms with Crippen molar-refractivity contribution in [2.75, 3.05) is 45.9 Å². The van der Waals surface area contributed by atoms with E-state index < -0.39 is 0 Å². The largest absolute Gasteiger partial charge is 0.378 e. The standard InChI is InChI=1S/C20H31N5O2/c1-3-21-20(23-15-18-16(2)5-4-8-22-18)25-9-6-17(7-10-25)19(26)24-11-13-27-14-12-24/h4-5,8,17H,3,6-7,9-15H2,1-2H3,(H,21,23). The predicted molar refractivity (Wildman–Crippen MR) is 105 cm³/mol. The van der Waals surface area contributed by atoms with E-state index in [1.807, 2.05) is 17.2 Å². The fourth-order valence-corrected chi connectivity index (χ4v) is 3.64. The van der Waals surface area contributed by atoms with Gasteiger partial charge in [0, 0.05) is 44.8 Å². The number of likely N-dealkylation sites (tertiary alicyclic amines) is 1. The summed E-state index contributed by atoms with van der Waals surface area (Å²) in [5, 5.41) is 3.39. The van der Waals surface area contributed by atoms with Gasteiger partial charge in [0.25, 0.3) is 0 Å². The predicted octanol–water partition coefficient (Wildman–Crippen LogP) is 1.43. The Morgan fingerprint density at radius 3 is 2.67 bits per heavy atom. The van der Waals surface area contributed by atoms with Crippen molar-refractivity contribution >= 4 is 11.9 Å². The van der Waals surface area contributed by atoms with Crippen molar-refractivity contribution in [3.8, 4) is 0 Å². The number of pyridine rings is 1. The average Bonchev–Trinajstić information content (AvgIpc) is 2.72. The zero-order valence-corrected chi connectivity index (χ0v) is 16.5. The number of hydrogen-bond donors (Lipinski definition) is 1. The van der Waals surface area contributed by atoms with E-state index in [2.05, 4.69) is 35.1 Å². The third kappa shape index (κ3) is 5.19. The molecule has 2 fully saturated rings. The van der Waals surface area contributed by atoms with E-state index in [1.54, 1.807) is 0 Å². The van der Waals surface area contributed by atoms with Gasteiger partial charge in [-0.05, 0) is 38.3 Å². The summed E-state index contributed by atoms with van der Waals surface area (Å²) in [6, 6.07) is 4.01. The first-order valence-electron chi connectivity index (χ1n) is 9.99. The monoisotopic (exact) mass is 373 g/mol. The van der Waals surface area contributed by atoms with Crippen LogP contribution in [0.4, 0.5) is 0 Å². The minimum Gasteiger partial charge on any atom is -0.378 e. The van der Waals surface area contributed by atoms with Gasteiger partial charge in [0.15, 0.2) is 5.96 Å². The van der Waals surface area contributed by atoms with Crippen LogP contribution in [0.25, 0.3) is 0 Å². The van der Waals surface area contributed by atoms with Crippen LogP contribution in [0.2, 0.25) is 0 Å². The summed E-state index contributed by atoms with van der Waals surface area (Å²) >= 11 is 0. The molecule has 0 spiro atoms. The first kappa shape index (κ1) is 19.6. The lowest BCUT2D eigenvalue weighted by Gasteiger charge is -2.36. The first-order chi connectivity index (χ1) is 13.2. The highest BCUT2D eigenvalue weighted by Crippen LogP contribution is 2.20. The Morgan fingerprint density at radius 1 is 1.26 bits per heavy atom. The molecule has 0 radical (unpaired) electrons. The highest BCUT2D eigenvalue weighted by Gasteiger charge is 2.30. The molecule has 3 heterocycles. The molecule has 0 bridgehead atoms.